The first kappa shape index (κ1) is 14.6. The van der Waals surface area contributed by atoms with Gasteiger partial charge in [0.15, 0.2) is 0 Å². The van der Waals surface area contributed by atoms with Crippen LogP contribution >= 0.6 is 11.6 Å². The molecule has 2 aromatic carbocycles. The summed E-state index contributed by atoms with van der Waals surface area (Å²) in [5.74, 6) is -0.0510. The van der Waals surface area contributed by atoms with E-state index in [2.05, 4.69) is 5.32 Å². The molecule has 2 nitrogen and oxygen atoms in total. The van der Waals surface area contributed by atoms with Crippen LogP contribution in [0.25, 0.3) is 0 Å². The standard InChI is InChI=1S/C17H18ClNO/c1-11-4-9-16(12(2)10-11)17(20)19-13(3)14-5-7-15(18)8-6-14/h4-10,13H,1-3H3,(H,19,20). The molecule has 0 aliphatic heterocycles. The lowest BCUT2D eigenvalue weighted by Gasteiger charge is -2.15. The predicted octanol–water partition coefficient (Wildman–Crippen LogP) is 4.45. The van der Waals surface area contributed by atoms with Crippen molar-refractivity contribution in [1.82, 2.24) is 5.32 Å². The Bertz CT molecular complexity index is 619. The summed E-state index contributed by atoms with van der Waals surface area (Å²) in [5.41, 5.74) is 3.90. The molecule has 1 N–H and O–H groups in total. The van der Waals surface area contributed by atoms with E-state index < -0.39 is 0 Å². The third-order valence-corrected chi connectivity index (χ3v) is 3.60. The SMILES string of the molecule is Cc1ccc(C(=O)NC(C)c2ccc(Cl)cc2)c(C)c1. The van der Waals surface area contributed by atoms with Gasteiger partial charge in [-0.3, -0.25) is 4.79 Å². The number of hydrogen-bond donors (Lipinski definition) is 1. The van der Waals surface area contributed by atoms with Crippen molar-refractivity contribution in [3.05, 3.63) is 69.7 Å². The van der Waals surface area contributed by atoms with Gasteiger partial charge in [-0.25, -0.2) is 0 Å². The van der Waals surface area contributed by atoms with Crippen LogP contribution in [0.1, 0.15) is 40.0 Å². The molecule has 3 heteroatoms. The number of benzene rings is 2. The van der Waals surface area contributed by atoms with E-state index >= 15 is 0 Å². The highest BCUT2D eigenvalue weighted by molar-refractivity contribution is 6.30. The maximum Gasteiger partial charge on any atom is 0.252 e. The van der Waals surface area contributed by atoms with E-state index in [-0.39, 0.29) is 11.9 Å². The van der Waals surface area contributed by atoms with Gasteiger partial charge < -0.3 is 5.32 Å². The van der Waals surface area contributed by atoms with Crippen LogP contribution in [-0.2, 0) is 0 Å². The normalized spacial score (nSPS) is 12.0. The zero-order valence-electron chi connectivity index (χ0n) is 11.9. The van der Waals surface area contributed by atoms with Gasteiger partial charge in [0.05, 0.1) is 6.04 Å². The lowest BCUT2D eigenvalue weighted by Crippen LogP contribution is -2.27. The van der Waals surface area contributed by atoms with E-state index in [4.69, 9.17) is 11.6 Å². The quantitative estimate of drug-likeness (QED) is 0.888. The Morgan fingerprint density at radius 3 is 2.35 bits per heavy atom. The minimum Gasteiger partial charge on any atom is -0.346 e. The van der Waals surface area contributed by atoms with Crippen molar-refractivity contribution < 1.29 is 4.79 Å². The number of rotatable bonds is 3. The lowest BCUT2D eigenvalue weighted by atomic mass is 10.0. The summed E-state index contributed by atoms with van der Waals surface area (Å²) in [6.45, 7) is 5.94. The molecule has 0 spiro atoms. The summed E-state index contributed by atoms with van der Waals surface area (Å²) in [6.07, 6.45) is 0. The highest BCUT2D eigenvalue weighted by Gasteiger charge is 2.13. The zero-order valence-corrected chi connectivity index (χ0v) is 12.7. The molecule has 1 amide bonds. The van der Waals surface area contributed by atoms with E-state index in [9.17, 15) is 4.79 Å². The Hall–Kier alpha value is -1.80. The Labute approximate surface area is 124 Å². The molecule has 2 aromatic rings. The van der Waals surface area contributed by atoms with E-state index in [0.717, 1.165) is 22.3 Å². The van der Waals surface area contributed by atoms with Gasteiger partial charge in [-0.1, -0.05) is 41.4 Å². The van der Waals surface area contributed by atoms with Crippen LogP contribution in [0.5, 0.6) is 0 Å². The molecule has 0 bridgehead atoms. The average Bonchev–Trinajstić information content (AvgIpc) is 2.39. The minimum absolute atomic E-state index is 0.0510. The molecule has 1 atom stereocenters. The Kier molecular flexibility index (Phi) is 4.46. The van der Waals surface area contributed by atoms with Gasteiger partial charge in [0, 0.05) is 10.6 Å². The molecular formula is C17H18ClNO. The summed E-state index contributed by atoms with van der Waals surface area (Å²) in [5, 5.41) is 3.71. The van der Waals surface area contributed by atoms with Crippen molar-refractivity contribution in [2.24, 2.45) is 0 Å². The van der Waals surface area contributed by atoms with Crippen molar-refractivity contribution in [1.29, 1.82) is 0 Å². The maximum atomic E-state index is 12.3. The van der Waals surface area contributed by atoms with Crippen molar-refractivity contribution in [3.8, 4) is 0 Å². The van der Waals surface area contributed by atoms with Gasteiger partial charge in [0.25, 0.3) is 5.91 Å². The van der Waals surface area contributed by atoms with Gasteiger partial charge >= 0.3 is 0 Å². The number of nitrogens with one attached hydrogen (secondary N) is 1. The summed E-state index contributed by atoms with van der Waals surface area (Å²) in [4.78, 5) is 12.3. The highest BCUT2D eigenvalue weighted by atomic mass is 35.5. The summed E-state index contributed by atoms with van der Waals surface area (Å²) < 4.78 is 0. The van der Waals surface area contributed by atoms with Gasteiger partial charge in [-0.2, -0.15) is 0 Å². The topological polar surface area (TPSA) is 29.1 Å². The molecule has 0 radical (unpaired) electrons. The Balaban J connectivity index is 2.13. The number of hydrogen-bond acceptors (Lipinski definition) is 1. The molecule has 0 saturated heterocycles. The van der Waals surface area contributed by atoms with E-state index in [1.165, 1.54) is 0 Å². The molecule has 1 unspecified atom stereocenters. The molecule has 0 saturated carbocycles. The number of halogens is 1. The first-order valence-corrected chi connectivity index (χ1v) is 6.99. The second-order valence-corrected chi connectivity index (χ2v) is 5.50. The number of aryl methyl sites for hydroxylation is 2. The van der Waals surface area contributed by atoms with Gasteiger partial charge in [0.2, 0.25) is 0 Å². The van der Waals surface area contributed by atoms with Crippen LogP contribution in [0.2, 0.25) is 5.02 Å². The Morgan fingerprint density at radius 1 is 1.10 bits per heavy atom. The highest BCUT2D eigenvalue weighted by Crippen LogP contribution is 2.17. The monoisotopic (exact) mass is 287 g/mol. The largest absolute Gasteiger partial charge is 0.346 e. The smallest absolute Gasteiger partial charge is 0.252 e. The third-order valence-electron chi connectivity index (χ3n) is 3.34. The van der Waals surface area contributed by atoms with Crippen LogP contribution in [0.15, 0.2) is 42.5 Å². The lowest BCUT2D eigenvalue weighted by molar-refractivity contribution is 0.0939. The van der Waals surface area contributed by atoms with Crippen molar-refractivity contribution in [2.45, 2.75) is 26.8 Å². The summed E-state index contributed by atoms with van der Waals surface area (Å²) in [7, 11) is 0. The molecule has 0 fully saturated rings. The van der Waals surface area contributed by atoms with Crippen LogP contribution < -0.4 is 5.32 Å². The predicted molar refractivity (Wildman–Crippen MR) is 83.2 cm³/mol. The molecule has 0 aliphatic rings. The van der Waals surface area contributed by atoms with Crippen LogP contribution in [-0.4, -0.2) is 5.91 Å². The molecule has 0 heterocycles. The van der Waals surface area contributed by atoms with E-state index in [0.29, 0.717) is 5.02 Å². The average molecular weight is 288 g/mol. The van der Waals surface area contributed by atoms with Crippen molar-refractivity contribution in [2.75, 3.05) is 0 Å². The van der Waals surface area contributed by atoms with Gasteiger partial charge in [-0.15, -0.1) is 0 Å². The maximum absolute atomic E-state index is 12.3. The molecule has 104 valence electrons. The second-order valence-electron chi connectivity index (χ2n) is 5.07. The number of amides is 1. The molecule has 20 heavy (non-hydrogen) atoms. The first-order chi connectivity index (χ1) is 9.47. The Morgan fingerprint density at radius 2 is 1.75 bits per heavy atom. The number of carbonyl (C=O) groups is 1. The molecule has 0 aliphatic carbocycles. The van der Waals surface area contributed by atoms with Gasteiger partial charge in [-0.05, 0) is 50.1 Å². The zero-order chi connectivity index (χ0) is 14.7. The summed E-state index contributed by atoms with van der Waals surface area (Å²) in [6, 6.07) is 13.3. The fraction of sp³-hybridized carbons (Fsp3) is 0.235. The van der Waals surface area contributed by atoms with Crippen molar-refractivity contribution >= 4 is 17.5 Å². The third kappa shape index (κ3) is 3.40. The fourth-order valence-corrected chi connectivity index (χ4v) is 2.30. The fourth-order valence-electron chi connectivity index (χ4n) is 2.18. The first-order valence-electron chi connectivity index (χ1n) is 6.61. The summed E-state index contributed by atoms with van der Waals surface area (Å²) >= 11 is 5.87. The molecule has 0 aromatic heterocycles. The molecule has 2 rings (SSSR count). The minimum atomic E-state index is -0.0551. The number of carbonyl (C=O) groups excluding carboxylic acids is 1. The molecular weight excluding hydrogens is 270 g/mol. The van der Waals surface area contributed by atoms with Crippen LogP contribution in [0.4, 0.5) is 0 Å². The van der Waals surface area contributed by atoms with Crippen LogP contribution in [0, 0.1) is 13.8 Å². The van der Waals surface area contributed by atoms with E-state index in [1.807, 2.05) is 63.2 Å². The van der Waals surface area contributed by atoms with E-state index in [1.54, 1.807) is 0 Å². The van der Waals surface area contributed by atoms with Gasteiger partial charge in [0.1, 0.15) is 0 Å². The second kappa shape index (κ2) is 6.10. The van der Waals surface area contributed by atoms with Crippen molar-refractivity contribution in [3.63, 3.8) is 0 Å². The van der Waals surface area contributed by atoms with Crippen LogP contribution in [0.3, 0.4) is 0 Å².